The average molecular weight is 408 g/mol. The SMILES string of the molecule is CCOC(=O)c1cnc(-c2cccc(C)c2)nc1Nc1nc2sc(C)c(C)n2n1. The first-order valence-electron chi connectivity index (χ1n) is 9.17. The van der Waals surface area contributed by atoms with E-state index in [-0.39, 0.29) is 12.2 Å². The van der Waals surface area contributed by atoms with Gasteiger partial charge in [-0.2, -0.15) is 4.98 Å². The number of nitrogens with zero attached hydrogens (tertiary/aromatic N) is 5. The molecule has 3 aromatic heterocycles. The molecule has 0 fully saturated rings. The topological polar surface area (TPSA) is 94.3 Å². The van der Waals surface area contributed by atoms with E-state index in [0.717, 1.165) is 26.7 Å². The molecule has 4 aromatic rings. The molecule has 0 aliphatic heterocycles. The predicted molar refractivity (Wildman–Crippen MR) is 112 cm³/mol. The summed E-state index contributed by atoms with van der Waals surface area (Å²) < 4.78 is 6.92. The molecular weight excluding hydrogens is 388 g/mol. The van der Waals surface area contributed by atoms with E-state index < -0.39 is 5.97 Å². The quantitative estimate of drug-likeness (QED) is 0.497. The summed E-state index contributed by atoms with van der Waals surface area (Å²) in [5.74, 6) is 0.664. The van der Waals surface area contributed by atoms with Crippen molar-refractivity contribution in [1.29, 1.82) is 0 Å². The Balaban J connectivity index is 1.76. The van der Waals surface area contributed by atoms with Crippen LogP contribution in [0.3, 0.4) is 0 Å². The second kappa shape index (κ2) is 7.59. The highest BCUT2D eigenvalue weighted by atomic mass is 32.1. The third-order valence-electron chi connectivity index (χ3n) is 4.44. The molecular formula is C20H20N6O2S. The first kappa shape index (κ1) is 19.0. The summed E-state index contributed by atoms with van der Waals surface area (Å²) in [7, 11) is 0. The van der Waals surface area contributed by atoms with Crippen molar-refractivity contribution in [2.75, 3.05) is 11.9 Å². The Labute approximate surface area is 171 Å². The molecule has 0 radical (unpaired) electrons. The first-order chi connectivity index (χ1) is 14.0. The summed E-state index contributed by atoms with van der Waals surface area (Å²) in [6.07, 6.45) is 1.47. The molecule has 4 rings (SSSR count). The molecule has 0 saturated carbocycles. The van der Waals surface area contributed by atoms with Gasteiger partial charge in [-0.25, -0.2) is 19.3 Å². The van der Waals surface area contributed by atoms with E-state index in [9.17, 15) is 4.79 Å². The van der Waals surface area contributed by atoms with Crippen LogP contribution in [0, 0.1) is 20.8 Å². The third-order valence-corrected chi connectivity index (χ3v) is 5.49. The number of esters is 1. The monoisotopic (exact) mass is 408 g/mol. The molecule has 0 amide bonds. The molecule has 0 atom stereocenters. The van der Waals surface area contributed by atoms with E-state index >= 15 is 0 Å². The summed E-state index contributed by atoms with van der Waals surface area (Å²) in [5, 5.41) is 7.55. The lowest BCUT2D eigenvalue weighted by Crippen LogP contribution is -2.11. The van der Waals surface area contributed by atoms with Crippen LogP contribution in [-0.4, -0.2) is 37.1 Å². The fraction of sp³-hybridized carbons (Fsp3) is 0.250. The number of aryl methyl sites for hydroxylation is 3. The normalized spacial score (nSPS) is 11.0. The minimum Gasteiger partial charge on any atom is -0.462 e. The van der Waals surface area contributed by atoms with Crippen molar-refractivity contribution in [2.24, 2.45) is 0 Å². The number of ether oxygens (including phenoxy) is 1. The van der Waals surface area contributed by atoms with Gasteiger partial charge in [0.15, 0.2) is 11.6 Å². The van der Waals surface area contributed by atoms with Gasteiger partial charge >= 0.3 is 5.97 Å². The van der Waals surface area contributed by atoms with Crippen molar-refractivity contribution in [2.45, 2.75) is 27.7 Å². The van der Waals surface area contributed by atoms with Crippen molar-refractivity contribution < 1.29 is 9.53 Å². The summed E-state index contributed by atoms with van der Waals surface area (Å²) in [6, 6.07) is 7.85. The lowest BCUT2D eigenvalue weighted by molar-refractivity contribution is 0.0526. The van der Waals surface area contributed by atoms with E-state index in [1.165, 1.54) is 6.20 Å². The highest BCUT2D eigenvalue weighted by Crippen LogP contribution is 2.25. The molecule has 0 aliphatic rings. The zero-order chi connectivity index (χ0) is 20.5. The molecule has 0 aliphatic carbocycles. The largest absolute Gasteiger partial charge is 0.462 e. The maximum atomic E-state index is 12.4. The van der Waals surface area contributed by atoms with Gasteiger partial charge < -0.3 is 10.1 Å². The number of aromatic nitrogens is 5. The number of carbonyl (C=O) groups is 1. The Hall–Kier alpha value is -3.33. The maximum absolute atomic E-state index is 12.4. The molecule has 3 heterocycles. The van der Waals surface area contributed by atoms with Crippen LogP contribution in [-0.2, 0) is 4.74 Å². The fourth-order valence-electron chi connectivity index (χ4n) is 2.86. The highest BCUT2D eigenvalue weighted by Gasteiger charge is 2.19. The second-order valence-corrected chi connectivity index (χ2v) is 7.73. The van der Waals surface area contributed by atoms with Crippen LogP contribution in [0.2, 0.25) is 0 Å². The molecule has 29 heavy (non-hydrogen) atoms. The number of nitrogens with one attached hydrogen (secondary N) is 1. The summed E-state index contributed by atoms with van der Waals surface area (Å²) in [4.78, 5) is 27.7. The van der Waals surface area contributed by atoms with Gasteiger partial charge in [0.05, 0.1) is 12.3 Å². The Morgan fingerprint density at radius 1 is 1.24 bits per heavy atom. The van der Waals surface area contributed by atoms with E-state index in [4.69, 9.17) is 4.74 Å². The Morgan fingerprint density at radius 2 is 2.07 bits per heavy atom. The van der Waals surface area contributed by atoms with Gasteiger partial charge in [0.2, 0.25) is 10.9 Å². The van der Waals surface area contributed by atoms with E-state index in [1.807, 2.05) is 45.0 Å². The molecule has 9 heteroatoms. The minimum absolute atomic E-state index is 0.231. The number of benzene rings is 1. The van der Waals surface area contributed by atoms with Crippen LogP contribution in [0.4, 0.5) is 11.8 Å². The number of carbonyl (C=O) groups excluding carboxylic acids is 1. The molecule has 0 bridgehead atoms. The number of rotatable bonds is 5. The Bertz CT molecular complexity index is 1210. The molecule has 0 saturated heterocycles. The minimum atomic E-state index is -0.501. The maximum Gasteiger partial charge on any atom is 0.343 e. The lowest BCUT2D eigenvalue weighted by Gasteiger charge is -2.10. The number of hydrogen-bond acceptors (Lipinski definition) is 8. The predicted octanol–water partition coefficient (Wildman–Crippen LogP) is 4.09. The van der Waals surface area contributed by atoms with Crippen LogP contribution >= 0.6 is 11.3 Å². The number of anilines is 2. The Kier molecular flexibility index (Phi) is 4.98. The third kappa shape index (κ3) is 3.68. The average Bonchev–Trinajstić information content (AvgIpc) is 3.20. The molecule has 148 valence electrons. The molecule has 8 nitrogen and oxygen atoms in total. The zero-order valence-corrected chi connectivity index (χ0v) is 17.4. The molecule has 1 aromatic carbocycles. The van der Waals surface area contributed by atoms with Crippen molar-refractivity contribution in [3.63, 3.8) is 0 Å². The van der Waals surface area contributed by atoms with Crippen molar-refractivity contribution in [3.8, 4) is 11.4 Å². The van der Waals surface area contributed by atoms with Gasteiger partial charge in [-0.1, -0.05) is 35.1 Å². The molecule has 0 spiro atoms. The van der Waals surface area contributed by atoms with Gasteiger partial charge in [-0.05, 0) is 33.8 Å². The van der Waals surface area contributed by atoms with Crippen LogP contribution < -0.4 is 5.32 Å². The number of fused-ring (bicyclic) bond motifs is 1. The number of hydrogen-bond donors (Lipinski definition) is 1. The smallest absolute Gasteiger partial charge is 0.343 e. The van der Waals surface area contributed by atoms with Gasteiger partial charge in [0.25, 0.3) is 0 Å². The standard InChI is InChI=1S/C20H20N6O2S/c1-5-28-18(27)15-10-21-16(14-8-6-7-11(2)9-14)22-17(15)23-19-24-20-26(25-19)12(3)13(4)29-20/h6-10H,5H2,1-4H3,(H,21,22,23,25). The van der Waals surface area contributed by atoms with Crippen molar-refractivity contribution in [3.05, 3.63) is 52.2 Å². The Morgan fingerprint density at radius 3 is 2.79 bits per heavy atom. The fourth-order valence-corrected chi connectivity index (χ4v) is 3.76. The summed E-state index contributed by atoms with van der Waals surface area (Å²) >= 11 is 1.56. The van der Waals surface area contributed by atoms with E-state index in [0.29, 0.717) is 17.6 Å². The van der Waals surface area contributed by atoms with Gasteiger partial charge in [0.1, 0.15) is 5.56 Å². The lowest BCUT2D eigenvalue weighted by atomic mass is 10.1. The number of thiazole rings is 1. The van der Waals surface area contributed by atoms with Crippen LogP contribution in [0.15, 0.2) is 30.5 Å². The van der Waals surface area contributed by atoms with Gasteiger partial charge in [-0.3, -0.25) is 0 Å². The van der Waals surface area contributed by atoms with Crippen molar-refractivity contribution >= 4 is 34.0 Å². The zero-order valence-electron chi connectivity index (χ0n) is 16.6. The van der Waals surface area contributed by atoms with Gasteiger partial charge in [-0.15, -0.1) is 5.10 Å². The molecule has 0 unspecified atom stereocenters. The summed E-state index contributed by atoms with van der Waals surface area (Å²) in [5.41, 5.74) is 3.21. The first-order valence-corrected chi connectivity index (χ1v) is 9.99. The van der Waals surface area contributed by atoms with E-state index in [2.05, 4.69) is 25.4 Å². The second-order valence-electron chi connectivity index (χ2n) is 6.54. The van der Waals surface area contributed by atoms with Crippen LogP contribution in [0.5, 0.6) is 0 Å². The summed E-state index contributed by atoms with van der Waals surface area (Å²) in [6.45, 7) is 8.03. The van der Waals surface area contributed by atoms with Crippen LogP contribution in [0.1, 0.15) is 33.4 Å². The van der Waals surface area contributed by atoms with E-state index in [1.54, 1.807) is 22.8 Å². The van der Waals surface area contributed by atoms with Crippen LogP contribution in [0.25, 0.3) is 16.3 Å². The van der Waals surface area contributed by atoms with Crippen molar-refractivity contribution in [1.82, 2.24) is 24.6 Å². The molecule has 1 N–H and O–H groups in total. The van der Waals surface area contributed by atoms with Gasteiger partial charge in [0, 0.05) is 16.6 Å². The highest BCUT2D eigenvalue weighted by molar-refractivity contribution is 7.17.